The van der Waals surface area contributed by atoms with Gasteiger partial charge in [-0.2, -0.15) is 5.26 Å². The van der Waals surface area contributed by atoms with Crippen molar-refractivity contribution in [3.8, 4) is 6.07 Å². The van der Waals surface area contributed by atoms with E-state index in [2.05, 4.69) is 37.1 Å². The molecule has 1 aromatic heterocycles. The van der Waals surface area contributed by atoms with Gasteiger partial charge >= 0.3 is 0 Å². The summed E-state index contributed by atoms with van der Waals surface area (Å²) in [5, 5.41) is 12.8. The summed E-state index contributed by atoms with van der Waals surface area (Å²) in [6.45, 7) is 9.80. The van der Waals surface area contributed by atoms with Crippen LogP contribution in [-0.2, 0) is 10.8 Å². The van der Waals surface area contributed by atoms with Gasteiger partial charge in [-0.05, 0) is 60.7 Å². The second-order valence-corrected chi connectivity index (χ2v) is 7.97. The summed E-state index contributed by atoms with van der Waals surface area (Å²) < 4.78 is 0. The number of hydrogen-bond acceptors (Lipinski definition) is 3. The fourth-order valence-corrected chi connectivity index (χ4v) is 2.78. The first kappa shape index (κ1) is 19.0. The number of hydrogen-bond donors (Lipinski definition) is 1. The molecule has 1 heterocycles. The minimum atomic E-state index is -0.683. The first-order chi connectivity index (χ1) is 11.5. The van der Waals surface area contributed by atoms with Gasteiger partial charge in [0.25, 0.3) is 5.91 Å². The number of carbonyl (C=O) groups excluding carboxylic acids is 1. The van der Waals surface area contributed by atoms with Crippen molar-refractivity contribution in [2.45, 2.75) is 45.4 Å². The summed E-state index contributed by atoms with van der Waals surface area (Å²) in [5.41, 5.74) is 1.82. The van der Waals surface area contributed by atoms with Crippen LogP contribution in [0.3, 0.4) is 0 Å². The van der Waals surface area contributed by atoms with Crippen LogP contribution in [0.4, 0.5) is 5.69 Å². The molecule has 0 unspecified atom stereocenters. The van der Waals surface area contributed by atoms with E-state index in [1.165, 1.54) is 0 Å². The highest BCUT2D eigenvalue weighted by Crippen LogP contribution is 2.31. The average molecular weight is 356 g/mol. The molecule has 2 aromatic rings. The molecule has 0 saturated carbocycles. The Hall–Kier alpha value is -2.38. The summed E-state index contributed by atoms with van der Waals surface area (Å²) in [5.74, 6) is -0.322. The lowest BCUT2D eigenvalue weighted by Gasteiger charge is -2.21. The number of rotatable bonds is 3. The van der Waals surface area contributed by atoms with Gasteiger partial charge in [0.1, 0.15) is 5.69 Å². The van der Waals surface area contributed by atoms with E-state index >= 15 is 0 Å². The highest BCUT2D eigenvalue weighted by Gasteiger charge is 2.22. The molecular weight excluding hydrogens is 334 g/mol. The van der Waals surface area contributed by atoms with Crippen molar-refractivity contribution in [3.05, 3.63) is 58.4 Å². The van der Waals surface area contributed by atoms with Crippen LogP contribution in [0.25, 0.3) is 0 Å². The molecule has 0 radical (unpaired) electrons. The summed E-state index contributed by atoms with van der Waals surface area (Å²) >= 11 is 6.27. The number of benzene rings is 1. The second kappa shape index (κ2) is 6.85. The van der Waals surface area contributed by atoms with Crippen LogP contribution in [0.5, 0.6) is 0 Å². The van der Waals surface area contributed by atoms with E-state index in [0.29, 0.717) is 10.7 Å². The predicted octanol–water partition coefficient (Wildman–Crippen LogP) is 5.09. The molecule has 0 atom stereocenters. The van der Waals surface area contributed by atoms with Gasteiger partial charge in [0.15, 0.2) is 0 Å². The van der Waals surface area contributed by atoms with E-state index < -0.39 is 5.41 Å². The maximum absolute atomic E-state index is 12.5. The zero-order chi connectivity index (χ0) is 18.8. The van der Waals surface area contributed by atoms with Crippen LogP contribution < -0.4 is 5.32 Å². The number of nitriles is 1. The minimum absolute atomic E-state index is 0.132. The number of amides is 1. The van der Waals surface area contributed by atoms with E-state index in [0.717, 1.165) is 11.1 Å². The number of carbonyl (C=O) groups is 1. The van der Waals surface area contributed by atoms with Crippen LogP contribution in [0, 0.1) is 11.3 Å². The van der Waals surface area contributed by atoms with Crippen molar-refractivity contribution >= 4 is 23.2 Å². The quantitative estimate of drug-likeness (QED) is 0.834. The van der Waals surface area contributed by atoms with E-state index in [9.17, 15) is 10.1 Å². The molecule has 0 spiro atoms. The van der Waals surface area contributed by atoms with E-state index in [1.54, 1.807) is 44.3 Å². The minimum Gasteiger partial charge on any atom is -0.321 e. The van der Waals surface area contributed by atoms with Gasteiger partial charge in [-0.3, -0.25) is 9.78 Å². The number of pyridine rings is 1. The topological polar surface area (TPSA) is 65.8 Å². The molecule has 1 N–H and O–H groups in total. The molecule has 0 aliphatic rings. The zero-order valence-electron chi connectivity index (χ0n) is 15.1. The lowest BCUT2D eigenvalue weighted by atomic mass is 9.86. The molecule has 0 aliphatic carbocycles. The van der Waals surface area contributed by atoms with E-state index in [-0.39, 0.29) is 17.0 Å². The first-order valence-corrected chi connectivity index (χ1v) is 8.41. The fraction of sp³-hybridized carbons (Fsp3) is 0.350. The molecule has 5 heteroatoms. The highest BCUT2D eigenvalue weighted by molar-refractivity contribution is 6.31. The predicted molar refractivity (Wildman–Crippen MR) is 101 cm³/mol. The molecule has 130 valence electrons. The van der Waals surface area contributed by atoms with Crippen molar-refractivity contribution in [2.75, 3.05) is 5.32 Å². The Labute approximate surface area is 153 Å². The fourth-order valence-electron chi connectivity index (χ4n) is 2.38. The van der Waals surface area contributed by atoms with Gasteiger partial charge < -0.3 is 5.32 Å². The van der Waals surface area contributed by atoms with Gasteiger partial charge in [-0.15, -0.1) is 0 Å². The SMILES string of the molecule is CC(C)(C)c1cc(NC(=O)c2cc(C(C)(C)C#N)ccn2)ccc1Cl. The van der Waals surface area contributed by atoms with Crippen molar-refractivity contribution in [1.29, 1.82) is 5.26 Å². The molecule has 1 amide bonds. The Bertz CT molecular complexity index is 845. The Balaban J connectivity index is 2.30. The molecular formula is C20H22ClN3O. The normalized spacial score (nSPS) is 11.7. The third kappa shape index (κ3) is 4.37. The molecule has 0 saturated heterocycles. The summed E-state index contributed by atoms with van der Waals surface area (Å²) in [7, 11) is 0. The third-order valence-corrected chi connectivity index (χ3v) is 4.36. The second-order valence-electron chi connectivity index (χ2n) is 7.57. The van der Waals surface area contributed by atoms with Crippen LogP contribution in [0.15, 0.2) is 36.5 Å². The Kier molecular flexibility index (Phi) is 5.20. The van der Waals surface area contributed by atoms with E-state index in [1.807, 2.05) is 6.07 Å². The monoisotopic (exact) mass is 355 g/mol. The molecule has 25 heavy (non-hydrogen) atoms. The number of halogens is 1. The van der Waals surface area contributed by atoms with Crippen molar-refractivity contribution < 1.29 is 4.79 Å². The number of anilines is 1. The van der Waals surface area contributed by atoms with Gasteiger partial charge in [-0.25, -0.2) is 0 Å². The van der Waals surface area contributed by atoms with Gasteiger partial charge in [0.2, 0.25) is 0 Å². The number of nitrogens with zero attached hydrogens (tertiary/aromatic N) is 2. The lowest BCUT2D eigenvalue weighted by molar-refractivity contribution is 0.102. The molecule has 1 aromatic carbocycles. The van der Waals surface area contributed by atoms with Gasteiger partial charge in [0.05, 0.1) is 11.5 Å². The third-order valence-electron chi connectivity index (χ3n) is 4.03. The number of nitrogens with one attached hydrogen (secondary N) is 1. The standard InChI is InChI=1S/C20H22ClN3O/c1-19(2,3)15-11-14(6-7-16(15)21)24-18(25)17-10-13(8-9-23-17)20(4,5)12-22/h6-11H,1-5H3,(H,24,25). The van der Waals surface area contributed by atoms with Crippen LogP contribution >= 0.6 is 11.6 Å². The summed E-state index contributed by atoms with van der Waals surface area (Å²) in [4.78, 5) is 16.7. The van der Waals surface area contributed by atoms with Crippen LogP contribution in [0.1, 0.15) is 56.2 Å². The Morgan fingerprint density at radius 2 is 1.84 bits per heavy atom. The smallest absolute Gasteiger partial charge is 0.274 e. The molecule has 0 bridgehead atoms. The maximum Gasteiger partial charge on any atom is 0.274 e. The van der Waals surface area contributed by atoms with Gasteiger partial charge in [-0.1, -0.05) is 32.4 Å². The molecule has 4 nitrogen and oxygen atoms in total. The van der Waals surface area contributed by atoms with Gasteiger partial charge in [0, 0.05) is 16.9 Å². The van der Waals surface area contributed by atoms with Crippen molar-refractivity contribution in [3.63, 3.8) is 0 Å². The summed E-state index contributed by atoms with van der Waals surface area (Å²) in [6, 6.07) is 11.1. The average Bonchev–Trinajstić information content (AvgIpc) is 2.55. The molecule has 0 fully saturated rings. The lowest BCUT2D eigenvalue weighted by Crippen LogP contribution is -2.19. The van der Waals surface area contributed by atoms with Crippen LogP contribution in [0.2, 0.25) is 5.02 Å². The van der Waals surface area contributed by atoms with Crippen molar-refractivity contribution in [2.24, 2.45) is 0 Å². The maximum atomic E-state index is 12.5. The van der Waals surface area contributed by atoms with E-state index in [4.69, 9.17) is 11.6 Å². The zero-order valence-corrected chi connectivity index (χ0v) is 15.9. The number of aromatic nitrogens is 1. The molecule has 2 rings (SSSR count). The highest BCUT2D eigenvalue weighted by atomic mass is 35.5. The molecule has 0 aliphatic heterocycles. The summed E-state index contributed by atoms with van der Waals surface area (Å²) in [6.07, 6.45) is 1.55. The Morgan fingerprint density at radius 1 is 1.16 bits per heavy atom. The van der Waals surface area contributed by atoms with Crippen LogP contribution in [-0.4, -0.2) is 10.9 Å². The van der Waals surface area contributed by atoms with Crippen molar-refractivity contribution in [1.82, 2.24) is 4.98 Å². The first-order valence-electron chi connectivity index (χ1n) is 8.04. The Morgan fingerprint density at radius 3 is 2.44 bits per heavy atom. The largest absolute Gasteiger partial charge is 0.321 e.